The summed E-state index contributed by atoms with van der Waals surface area (Å²) in [6, 6.07) is 20.9. The molecule has 0 saturated carbocycles. The maximum Gasteiger partial charge on any atom is 0.296 e. The molecule has 5 nitrogen and oxygen atoms in total. The summed E-state index contributed by atoms with van der Waals surface area (Å²) < 4.78 is 0. The summed E-state index contributed by atoms with van der Waals surface area (Å²) >= 11 is 0. The number of carbonyl (C=O) groups excluding carboxylic acids is 3. The molecule has 0 unspecified atom stereocenters. The van der Waals surface area contributed by atoms with Gasteiger partial charge in [-0.15, -0.1) is 0 Å². The predicted molar refractivity (Wildman–Crippen MR) is 114 cm³/mol. The van der Waals surface area contributed by atoms with Crippen LogP contribution in [0.5, 0.6) is 0 Å². The van der Waals surface area contributed by atoms with Crippen LogP contribution in [0.25, 0.3) is 0 Å². The summed E-state index contributed by atoms with van der Waals surface area (Å²) in [7, 11) is 0. The number of hydrogen-bond donors (Lipinski definition) is 2. The zero-order valence-electron chi connectivity index (χ0n) is 16.4. The Hall–Kier alpha value is -3.73. The Balaban J connectivity index is 1.75. The first-order valence-electron chi connectivity index (χ1n) is 9.39. The molecule has 29 heavy (non-hydrogen) atoms. The van der Waals surface area contributed by atoms with Crippen molar-refractivity contribution in [2.24, 2.45) is 0 Å². The lowest BCUT2D eigenvalue weighted by Crippen LogP contribution is -2.24. The van der Waals surface area contributed by atoms with Crippen molar-refractivity contribution in [2.45, 2.75) is 20.3 Å². The SMILES string of the molecule is CCc1ccc(NC(=O)c2ccccc2NC(=O)C(=O)c2ccc(C)cc2)cc1. The molecule has 5 heteroatoms. The number of hydrogen-bond acceptors (Lipinski definition) is 3. The monoisotopic (exact) mass is 386 g/mol. The molecule has 0 radical (unpaired) electrons. The van der Waals surface area contributed by atoms with Gasteiger partial charge >= 0.3 is 0 Å². The van der Waals surface area contributed by atoms with Crippen LogP contribution >= 0.6 is 0 Å². The molecule has 3 aromatic carbocycles. The Labute approximate surface area is 169 Å². The van der Waals surface area contributed by atoms with E-state index in [2.05, 4.69) is 17.6 Å². The third kappa shape index (κ3) is 4.96. The first-order chi connectivity index (χ1) is 14.0. The molecule has 3 rings (SSSR count). The highest BCUT2D eigenvalue weighted by molar-refractivity contribution is 6.46. The standard InChI is InChI=1S/C24H22N2O3/c1-3-17-10-14-19(15-11-17)25-23(28)20-6-4-5-7-21(20)26-24(29)22(27)18-12-8-16(2)9-13-18/h4-15H,3H2,1-2H3,(H,25,28)(H,26,29). The van der Waals surface area contributed by atoms with E-state index in [-0.39, 0.29) is 17.2 Å². The fraction of sp³-hybridized carbons (Fsp3) is 0.125. The number of benzene rings is 3. The highest BCUT2D eigenvalue weighted by atomic mass is 16.2. The molecule has 0 bridgehead atoms. The highest BCUT2D eigenvalue weighted by Gasteiger charge is 2.19. The number of nitrogens with one attached hydrogen (secondary N) is 2. The Morgan fingerprint density at radius 2 is 1.45 bits per heavy atom. The van der Waals surface area contributed by atoms with Gasteiger partial charge in [-0.05, 0) is 43.2 Å². The molecule has 0 aliphatic rings. The first kappa shape index (κ1) is 20.0. The van der Waals surface area contributed by atoms with Crippen molar-refractivity contribution in [1.82, 2.24) is 0 Å². The minimum Gasteiger partial charge on any atom is -0.322 e. The molecule has 0 saturated heterocycles. The zero-order chi connectivity index (χ0) is 20.8. The van der Waals surface area contributed by atoms with Crippen molar-refractivity contribution in [3.63, 3.8) is 0 Å². The van der Waals surface area contributed by atoms with Gasteiger partial charge in [-0.2, -0.15) is 0 Å². The quantitative estimate of drug-likeness (QED) is 0.479. The first-order valence-corrected chi connectivity index (χ1v) is 9.39. The molecule has 146 valence electrons. The Morgan fingerprint density at radius 1 is 0.793 bits per heavy atom. The summed E-state index contributed by atoms with van der Waals surface area (Å²) in [4.78, 5) is 37.5. The second-order valence-corrected chi connectivity index (χ2v) is 6.70. The fourth-order valence-electron chi connectivity index (χ4n) is 2.83. The van der Waals surface area contributed by atoms with Crippen molar-refractivity contribution >= 4 is 29.0 Å². The fourth-order valence-corrected chi connectivity index (χ4v) is 2.83. The van der Waals surface area contributed by atoms with E-state index in [0.717, 1.165) is 12.0 Å². The summed E-state index contributed by atoms with van der Waals surface area (Å²) in [6.07, 6.45) is 0.915. The van der Waals surface area contributed by atoms with E-state index in [9.17, 15) is 14.4 Å². The van der Waals surface area contributed by atoms with Gasteiger partial charge in [-0.3, -0.25) is 14.4 Å². The molecule has 0 spiro atoms. The Bertz CT molecular complexity index is 1040. The average molecular weight is 386 g/mol. The maximum atomic E-state index is 12.7. The summed E-state index contributed by atoms with van der Waals surface area (Å²) in [5.41, 5.74) is 3.68. The van der Waals surface area contributed by atoms with Crippen LogP contribution in [-0.2, 0) is 11.2 Å². The number of amides is 2. The van der Waals surface area contributed by atoms with Gasteiger partial charge in [0.2, 0.25) is 0 Å². The van der Waals surface area contributed by atoms with E-state index in [0.29, 0.717) is 11.3 Å². The van der Waals surface area contributed by atoms with E-state index in [1.807, 2.05) is 31.2 Å². The third-order valence-electron chi connectivity index (χ3n) is 4.56. The van der Waals surface area contributed by atoms with Crippen LogP contribution in [0.15, 0.2) is 72.8 Å². The van der Waals surface area contributed by atoms with Crippen LogP contribution in [0.1, 0.15) is 38.8 Å². The molecule has 0 heterocycles. The topological polar surface area (TPSA) is 75.3 Å². The number of Topliss-reactive ketones (excluding diaryl/α,β-unsaturated/α-hetero) is 1. The van der Waals surface area contributed by atoms with Crippen molar-refractivity contribution < 1.29 is 14.4 Å². The molecule has 2 N–H and O–H groups in total. The summed E-state index contributed by atoms with van der Waals surface area (Å²) in [6.45, 7) is 3.96. The van der Waals surface area contributed by atoms with Crippen LogP contribution in [-0.4, -0.2) is 17.6 Å². The smallest absolute Gasteiger partial charge is 0.296 e. The van der Waals surface area contributed by atoms with Crippen molar-refractivity contribution in [3.05, 3.63) is 95.1 Å². The van der Waals surface area contributed by atoms with Crippen molar-refractivity contribution in [2.75, 3.05) is 10.6 Å². The van der Waals surface area contributed by atoms with Crippen LogP contribution in [0, 0.1) is 6.92 Å². The lowest BCUT2D eigenvalue weighted by molar-refractivity contribution is -0.112. The molecule has 0 aromatic heterocycles. The van der Waals surface area contributed by atoms with Crippen LogP contribution in [0.2, 0.25) is 0 Å². The van der Waals surface area contributed by atoms with E-state index in [1.54, 1.807) is 48.5 Å². The minimum atomic E-state index is -0.790. The second kappa shape index (κ2) is 8.97. The van der Waals surface area contributed by atoms with Gasteiger partial charge in [0.25, 0.3) is 17.6 Å². The van der Waals surface area contributed by atoms with Gasteiger partial charge < -0.3 is 10.6 Å². The van der Waals surface area contributed by atoms with Crippen LogP contribution < -0.4 is 10.6 Å². The van der Waals surface area contributed by atoms with Crippen molar-refractivity contribution in [3.8, 4) is 0 Å². The largest absolute Gasteiger partial charge is 0.322 e. The number of rotatable bonds is 6. The van der Waals surface area contributed by atoms with Crippen LogP contribution in [0.3, 0.4) is 0 Å². The van der Waals surface area contributed by atoms with Gasteiger partial charge in [0.05, 0.1) is 11.3 Å². The molecule has 0 atom stereocenters. The number of carbonyl (C=O) groups is 3. The lowest BCUT2D eigenvalue weighted by Gasteiger charge is -2.11. The second-order valence-electron chi connectivity index (χ2n) is 6.70. The molecule has 0 aliphatic carbocycles. The van der Waals surface area contributed by atoms with Gasteiger partial charge in [0, 0.05) is 11.3 Å². The number of anilines is 2. The van der Waals surface area contributed by atoms with Crippen LogP contribution in [0.4, 0.5) is 11.4 Å². The van der Waals surface area contributed by atoms with Gasteiger partial charge in [0.1, 0.15) is 0 Å². The maximum absolute atomic E-state index is 12.7. The average Bonchev–Trinajstić information content (AvgIpc) is 2.74. The lowest BCUT2D eigenvalue weighted by atomic mass is 10.1. The molecular weight excluding hydrogens is 364 g/mol. The predicted octanol–water partition coefficient (Wildman–Crippen LogP) is 4.63. The number of aryl methyl sites for hydroxylation is 2. The number of para-hydroxylation sites is 1. The molecule has 2 amide bonds. The van der Waals surface area contributed by atoms with Crippen molar-refractivity contribution in [1.29, 1.82) is 0 Å². The molecular formula is C24H22N2O3. The minimum absolute atomic E-state index is 0.275. The van der Waals surface area contributed by atoms with E-state index in [1.165, 1.54) is 5.56 Å². The molecule has 0 fully saturated rings. The number of ketones is 1. The Morgan fingerprint density at radius 3 is 2.10 bits per heavy atom. The third-order valence-corrected chi connectivity index (χ3v) is 4.56. The zero-order valence-corrected chi connectivity index (χ0v) is 16.4. The van der Waals surface area contributed by atoms with E-state index in [4.69, 9.17) is 0 Å². The molecule has 0 aliphatic heterocycles. The Kier molecular flexibility index (Phi) is 6.19. The van der Waals surface area contributed by atoms with Gasteiger partial charge in [-0.25, -0.2) is 0 Å². The molecule has 3 aromatic rings. The van der Waals surface area contributed by atoms with Gasteiger partial charge in [-0.1, -0.05) is 61.0 Å². The summed E-state index contributed by atoms with van der Waals surface area (Å²) in [5, 5.41) is 5.37. The normalized spacial score (nSPS) is 10.3. The van der Waals surface area contributed by atoms with E-state index < -0.39 is 11.7 Å². The highest BCUT2D eigenvalue weighted by Crippen LogP contribution is 2.18. The van der Waals surface area contributed by atoms with E-state index >= 15 is 0 Å². The summed E-state index contributed by atoms with van der Waals surface area (Å²) in [5.74, 6) is -1.82. The van der Waals surface area contributed by atoms with Gasteiger partial charge in [0.15, 0.2) is 0 Å².